The molecule has 1 aliphatic rings. The van der Waals surface area contributed by atoms with Gasteiger partial charge in [0.1, 0.15) is 0 Å². The van der Waals surface area contributed by atoms with Crippen LogP contribution in [0.2, 0.25) is 0 Å². The first-order chi connectivity index (χ1) is 9.95. The van der Waals surface area contributed by atoms with E-state index in [0.29, 0.717) is 18.6 Å². The number of anilines is 1. The van der Waals surface area contributed by atoms with Gasteiger partial charge < -0.3 is 15.5 Å². The zero-order valence-corrected chi connectivity index (χ0v) is 13.6. The first-order valence-electron chi connectivity index (χ1n) is 7.79. The normalized spacial score (nSPS) is 14.3. The van der Waals surface area contributed by atoms with E-state index in [1.54, 1.807) is 0 Å². The summed E-state index contributed by atoms with van der Waals surface area (Å²) in [6.07, 6.45) is 2.26. The van der Waals surface area contributed by atoms with Crippen molar-refractivity contribution in [2.75, 3.05) is 18.5 Å². The lowest BCUT2D eigenvalue weighted by atomic mass is 10.1. The standard InChI is InChI=1S/C17H27N3O/c1-12(2)18-10-14-9-13(3)5-8-16(14)20(4)11-17(21)19-15-6-7-15/h5,8-9,12,15,18H,6-7,10-11H2,1-4H3,(H,19,21). The number of benzene rings is 1. The minimum absolute atomic E-state index is 0.114. The van der Waals surface area contributed by atoms with Gasteiger partial charge in [-0.2, -0.15) is 0 Å². The van der Waals surface area contributed by atoms with E-state index in [4.69, 9.17) is 0 Å². The molecule has 4 heteroatoms. The van der Waals surface area contributed by atoms with Gasteiger partial charge in [-0.15, -0.1) is 0 Å². The molecule has 1 saturated carbocycles. The predicted molar refractivity (Wildman–Crippen MR) is 87.6 cm³/mol. The monoisotopic (exact) mass is 289 g/mol. The van der Waals surface area contributed by atoms with E-state index in [2.05, 4.69) is 49.6 Å². The highest BCUT2D eigenvalue weighted by atomic mass is 16.2. The number of hydrogen-bond acceptors (Lipinski definition) is 3. The first-order valence-corrected chi connectivity index (χ1v) is 7.79. The Morgan fingerprint density at radius 3 is 2.71 bits per heavy atom. The predicted octanol–water partition coefficient (Wildman–Crippen LogP) is 2.21. The molecular formula is C17H27N3O. The lowest BCUT2D eigenvalue weighted by Crippen LogP contribution is -2.36. The number of likely N-dealkylation sites (N-methyl/N-ethyl adjacent to an activating group) is 1. The van der Waals surface area contributed by atoms with Gasteiger partial charge in [-0.05, 0) is 31.4 Å². The number of carbonyl (C=O) groups is 1. The highest BCUT2D eigenvalue weighted by molar-refractivity contribution is 5.82. The average Bonchev–Trinajstić information content (AvgIpc) is 3.19. The molecule has 0 atom stereocenters. The Hall–Kier alpha value is -1.55. The van der Waals surface area contributed by atoms with Crippen LogP contribution in [0, 0.1) is 6.92 Å². The SMILES string of the molecule is Cc1ccc(N(C)CC(=O)NC2CC2)c(CNC(C)C)c1. The molecule has 0 heterocycles. The second kappa shape index (κ2) is 6.94. The van der Waals surface area contributed by atoms with Gasteiger partial charge in [0.15, 0.2) is 0 Å². The molecule has 1 fully saturated rings. The molecule has 0 aromatic heterocycles. The fraction of sp³-hybridized carbons (Fsp3) is 0.588. The van der Waals surface area contributed by atoms with Crippen LogP contribution in [-0.2, 0) is 11.3 Å². The Morgan fingerprint density at radius 2 is 2.10 bits per heavy atom. The van der Waals surface area contributed by atoms with Gasteiger partial charge in [0.2, 0.25) is 5.91 Å². The molecule has 0 aliphatic heterocycles. The van der Waals surface area contributed by atoms with Crippen molar-refractivity contribution in [2.45, 2.75) is 52.2 Å². The Bertz CT molecular complexity index is 495. The van der Waals surface area contributed by atoms with E-state index >= 15 is 0 Å². The molecule has 4 nitrogen and oxygen atoms in total. The van der Waals surface area contributed by atoms with Crippen molar-refractivity contribution in [3.63, 3.8) is 0 Å². The molecule has 0 radical (unpaired) electrons. The van der Waals surface area contributed by atoms with Crippen LogP contribution in [0.4, 0.5) is 5.69 Å². The van der Waals surface area contributed by atoms with Crippen LogP contribution in [-0.4, -0.2) is 31.6 Å². The summed E-state index contributed by atoms with van der Waals surface area (Å²) in [5.74, 6) is 0.114. The molecule has 21 heavy (non-hydrogen) atoms. The minimum atomic E-state index is 0.114. The third-order valence-corrected chi connectivity index (χ3v) is 3.67. The summed E-state index contributed by atoms with van der Waals surface area (Å²) in [5, 5.41) is 6.49. The quantitative estimate of drug-likeness (QED) is 0.809. The summed E-state index contributed by atoms with van der Waals surface area (Å²) in [5.41, 5.74) is 3.61. The molecule has 2 N–H and O–H groups in total. The molecule has 0 unspecified atom stereocenters. The van der Waals surface area contributed by atoms with E-state index in [-0.39, 0.29) is 5.91 Å². The summed E-state index contributed by atoms with van der Waals surface area (Å²) < 4.78 is 0. The molecular weight excluding hydrogens is 262 g/mol. The highest BCUT2D eigenvalue weighted by Crippen LogP contribution is 2.22. The first kappa shape index (κ1) is 15.8. The maximum absolute atomic E-state index is 12.0. The molecule has 116 valence electrons. The Labute approximate surface area is 127 Å². The molecule has 1 aliphatic carbocycles. The van der Waals surface area contributed by atoms with Gasteiger partial charge in [-0.3, -0.25) is 4.79 Å². The summed E-state index contributed by atoms with van der Waals surface area (Å²) in [6, 6.07) is 7.27. The molecule has 1 aromatic rings. The van der Waals surface area contributed by atoms with Crippen molar-refractivity contribution in [3.8, 4) is 0 Å². The zero-order chi connectivity index (χ0) is 15.4. The second-order valence-corrected chi connectivity index (χ2v) is 6.37. The van der Waals surface area contributed by atoms with Gasteiger partial charge in [0.05, 0.1) is 6.54 Å². The molecule has 0 spiro atoms. The number of aryl methyl sites for hydroxylation is 1. The zero-order valence-electron chi connectivity index (χ0n) is 13.6. The van der Waals surface area contributed by atoms with Gasteiger partial charge in [0.25, 0.3) is 0 Å². The topological polar surface area (TPSA) is 44.4 Å². The van der Waals surface area contributed by atoms with Crippen LogP contribution >= 0.6 is 0 Å². The fourth-order valence-electron chi connectivity index (χ4n) is 2.34. The van der Waals surface area contributed by atoms with Gasteiger partial charge in [-0.1, -0.05) is 31.5 Å². The minimum Gasteiger partial charge on any atom is -0.365 e. The number of amides is 1. The van der Waals surface area contributed by atoms with Crippen molar-refractivity contribution in [1.82, 2.24) is 10.6 Å². The van der Waals surface area contributed by atoms with Crippen molar-refractivity contribution in [2.24, 2.45) is 0 Å². The van der Waals surface area contributed by atoms with Crippen LogP contribution in [0.5, 0.6) is 0 Å². The van der Waals surface area contributed by atoms with Gasteiger partial charge >= 0.3 is 0 Å². The van der Waals surface area contributed by atoms with E-state index in [0.717, 1.165) is 25.1 Å². The van der Waals surface area contributed by atoms with Crippen LogP contribution in [0.25, 0.3) is 0 Å². The Morgan fingerprint density at radius 1 is 1.38 bits per heavy atom. The summed E-state index contributed by atoms with van der Waals surface area (Å²) in [4.78, 5) is 14.0. The Balaban J connectivity index is 2.03. The molecule has 0 saturated heterocycles. The summed E-state index contributed by atoms with van der Waals surface area (Å²) in [6.45, 7) is 7.62. The Kier molecular flexibility index (Phi) is 5.23. The van der Waals surface area contributed by atoms with Crippen molar-refractivity contribution >= 4 is 11.6 Å². The summed E-state index contributed by atoms with van der Waals surface area (Å²) in [7, 11) is 1.98. The van der Waals surface area contributed by atoms with E-state index in [9.17, 15) is 4.79 Å². The third-order valence-electron chi connectivity index (χ3n) is 3.67. The second-order valence-electron chi connectivity index (χ2n) is 6.37. The van der Waals surface area contributed by atoms with Gasteiger partial charge in [-0.25, -0.2) is 0 Å². The van der Waals surface area contributed by atoms with E-state index in [1.165, 1.54) is 11.1 Å². The lowest BCUT2D eigenvalue weighted by Gasteiger charge is -2.23. The molecule has 0 bridgehead atoms. The van der Waals surface area contributed by atoms with Crippen LogP contribution < -0.4 is 15.5 Å². The third kappa shape index (κ3) is 5.05. The average molecular weight is 289 g/mol. The van der Waals surface area contributed by atoms with Crippen molar-refractivity contribution in [1.29, 1.82) is 0 Å². The van der Waals surface area contributed by atoms with Crippen molar-refractivity contribution < 1.29 is 4.79 Å². The fourth-order valence-corrected chi connectivity index (χ4v) is 2.34. The lowest BCUT2D eigenvalue weighted by molar-refractivity contribution is -0.119. The number of carbonyl (C=O) groups excluding carboxylic acids is 1. The van der Waals surface area contributed by atoms with Crippen LogP contribution in [0.3, 0.4) is 0 Å². The maximum Gasteiger partial charge on any atom is 0.239 e. The van der Waals surface area contributed by atoms with Gasteiger partial charge in [0, 0.05) is 31.4 Å². The van der Waals surface area contributed by atoms with E-state index in [1.807, 2.05) is 11.9 Å². The highest BCUT2D eigenvalue weighted by Gasteiger charge is 2.23. The van der Waals surface area contributed by atoms with Crippen LogP contribution in [0.15, 0.2) is 18.2 Å². The van der Waals surface area contributed by atoms with E-state index < -0.39 is 0 Å². The number of nitrogens with one attached hydrogen (secondary N) is 2. The smallest absolute Gasteiger partial charge is 0.239 e. The summed E-state index contributed by atoms with van der Waals surface area (Å²) >= 11 is 0. The molecule has 1 amide bonds. The largest absolute Gasteiger partial charge is 0.365 e. The number of hydrogen-bond donors (Lipinski definition) is 2. The number of rotatable bonds is 7. The number of nitrogens with zero attached hydrogens (tertiary/aromatic N) is 1. The molecule has 2 rings (SSSR count). The maximum atomic E-state index is 12.0. The van der Waals surface area contributed by atoms with Crippen molar-refractivity contribution in [3.05, 3.63) is 29.3 Å². The molecule has 1 aromatic carbocycles. The van der Waals surface area contributed by atoms with Crippen LogP contribution in [0.1, 0.15) is 37.8 Å².